The highest BCUT2D eigenvalue weighted by atomic mass is 35.5. The Hall–Kier alpha value is -1.91. The molecule has 0 atom stereocenters. The van der Waals surface area contributed by atoms with Gasteiger partial charge in [-0.2, -0.15) is 0 Å². The summed E-state index contributed by atoms with van der Waals surface area (Å²) in [6, 6.07) is 11.4. The lowest BCUT2D eigenvalue weighted by Gasteiger charge is -1.99. The number of anilines is 1. The summed E-state index contributed by atoms with van der Waals surface area (Å²) in [6.07, 6.45) is 1.67. The summed E-state index contributed by atoms with van der Waals surface area (Å²) in [5.74, 6) is 0.500. The Balaban J connectivity index is 2.00. The molecule has 0 aliphatic heterocycles. The van der Waals surface area contributed by atoms with Crippen molar-refractivity contribution in [3.05, 3.63) is 53.0 Å². The molecular formula is C14H10ClN3S. The number of benzene rings is 1. The summed E-state index contributed by atoms with van der Waals surface area (Å²) in [6.45, 7) is 0. The van der Waals surface area contributed by atoms with Gasteiger partial charge in [0.2, 0.25) is 0 Å². The zero-order valence-corrected chi connectivity index (χ0v) is 11.4. The molecule has 5 heteroatoms. The van der Waals surface area contributed by atoms with Crippen molar-refractivity contribution in [3.8, 4) is 21.8 Å². The normalized spacial score (nSPS) is 10.6. The van der Waals surface area contributed by atoms with E-state index < -0.39 is 0 Å². The summed E-state index contributed by atoms with van der Waals surface area (Å²) < 4.78 is 0. The van der Waals surface area contributed by atoms with Crippen LogP contribution in [0.4, 0.5) is 5.82 Å². The fraction of sp³-hybridized carbons (Fsp3) is 0. The van der Waals surface area contributed by atoms with Crippen molar-refractivity contribution in [2.75, 3.05) is 5.73 Å². The van der Waals surface area contributed by atoms with Crippen LogP contribution in [0.1, 0.15) is 0 Å². The van der Waals surface area contributed by atoms with Crippen LogP contribution in [0.5, 0.6) is 0 Å². The highest BCUT2D eigenvalue weighted by Gasteiger charge is 2.09. The average Bonchev–Trinajstić information content (AvgIpc) is 2.89. The zero-order valence-electron chi connectivity index (χ0n) is 9.88. The largest absolute Gasteiger partial charge is 0.383 e. The van der Waals surface area contributed by atoms with E-state index in [-0.39, 0.29) is 0 Å². The molecule has 2 N–H and O–H groups in total. The highest BCUT2D eigenvalue weighted by Crippen LogP contribution is 2.31. The molecule has 0 unspecified atom stereocenters. The lowest BCUT2D eigenvalue weighted by atomic mass is 10.2. The predicted molar refractivity (Wildman–Crippen MR) is 80.2 cm³/mol. The van der Waals surface area contributed by atoms with Crippen LogP contribution in [0.3, 0.4) is 0 Å². The summed E-state index contributed by atoms with van der Waals surface area (Å²) in [5.41, 5.74) is 8.68. The molecule has 94 valence electrons. The first kappa shape index (κ1) is 12.1. The number of rotatable bonds is 2. The fourth-order valence-corrected chi connectivity index (χ4v) is 2.74. The van der Waals surface area contributed by atoms with Crippen LogP contribution in [-0.2, 0) is 0 Å². The third kappa shape index (κ3) is 2.45. The number of hydrogen-bond acceptors (Lipinski definition) is 4. The molecule has 0 saturated heterocycles. The molecule has 3 rings (SSSR count). The number of hydrogen-bond donors (Lipinski definition) is 1. The second-order valence-corrected chi connectivity index (χ2v) is 5.28. The summed E-state index contributed by atoms with van der Waals surface area (Å²) >= 11 is 7.43. The summed E-state index contributed by atoms with van der Waals surface area (Å²) in [5, 5.41) is 3.59. The van der Waals surface area contributed by atoms with Gasteiger partial charge >= 0.3 is 0 Å². The third-order valence-corrected chi connectivity index (χ3v) is 3.84. The van der Waals surface area contributed by atoms with Crippen molar-refractivity contribution in [3.63, 3.8) is 0 Å². The second kappa shape index (κ2) is 4.99. The van der Waals surface area contributed by atoms with Gasteiger partial charge in [0.05, 0.1) is 11.3 Å². The molecule has 0 aliphatic rings. The maximum Gasteiger partial charge on any atom is 0.133 e. The zero-order chi connectivity index (χ0) is 13.2. The van der Waals surface area contributed by atoms with Crippen molar-refractivity contribution in [2.45, 2.75) is 0 Å². The molecule has 0 radical (unpaired) electrons. The van der Waals surface area contributed by atoms with E-state index in [0.717, 1.165) is 26.9 Å². The molecule has 0 saturated carbocycles. The van der Waals surface area contributed by atoms with Gasteiger partial charge in [0.1, 0.15) is 10.8 Å². The smallest absolute Gasteiger partial charge is 0.133 e. The van der Waals surface area contributed by atoms with Gasteiger partial charge in [0, 0.05) is 22.2 Å². The summed E-state index contributed by atoms with van der Waals surface area (Å²) in [7, 11) is 0. The first-order chi connectivity index (χ1) is 9.24. The number of nitrogens with zero attached hydrogens (tertiary/aromatic N) is 2. The van der Waals surface area contributed by atoms with Crippen molar-refractivity contribution in [2.24, 2.45) is 0 Å². The van der Waals surface area contributed by atoms with Gasteiger partial charge in [0.15, 0.2) is 0 Å². The molecule has 2 heterocycles. The lowest BCUT2D eigenvalue weighted by molar-refractivity contribution is 1.32. The monoisotopic (exact) mass is 287 g/mol. The highest BCUT2D eigenvalue weighted by molar-refractivity contribution is 7.13. The van der Waals surface area contributed by atoms with Crippen molar-refractivity contribution >= 4 is 28.8 Å². The Morgan fingerprint density at radius 3 is 2.63 bits per heavy atom. The molecular weight excluding hydrogens is 278 g/mol. The van der Waals surface area contributed by atoms with E-state index in [1.807, 2.05) is 41.8 Å². The number of aromatic nitrogens is 2. The van der Waals surface area contributed by atoms with Gasteiger partial charge < -0.3 is 5.73 Å². The van der Waals surface area contributed by atoms with E-state index >= 15 is 0 Å². The van der Waals surface area contributed by atoms with Gasteiger partial charge in [-0.3, -0.25) is 0 Å². The van der Waals surface area contributed by atoms with Crippen LogP contribution in [0.25, 0.3) is 21.8 Å². The van der Waals surface area contributed by atoms with Crippen LogP contribution in [0.15, 0.2) is 48.0 Å². The summed E-state index contributed by atoms with van der Waals surface area (Å²) in [4.78, 5) is 8.67. The maximum absolute atomic E-state index is 5.88. The Morgan fingerprint density at radius 1 is 1.11 bits per heavy atom. The second-order valence-electron chi connectivity index (χ2n) is 3.98. The van der Waals surface area contributed by atoms with Gasteiger partial charge in [-0.15, -0.1) is 11.3 Å². The van der Waals surface area contributed by atoms with E-state index in [2.05, 4.69) is 9.97 Å². The quantitative estimate of drug-likeness (QED) is 0.772. The van der Waals surface area contributed by atoms with Crippen molar-refractivity contribution in [1.29, 1.82) is 0 Å². The Kier molecular flexibility index (Phi) is 3.19. The van der Waals surface area contributed by atoms with E-state index in [4.69, 9.17) is 17.3 Å². The van der Waals surface area contributed by atoms with E-state index in [0.29, 0.717) is 5.82 Å². The molecule has 0 aliphatic carbocycles. The van der Waals surface area contributed by atoms with Crippen LogP contribution < -0.4 is 5.73 Å². The Morgan fingerprint density at radius 2 is 1.89 bits per heavy atom. The van der Waals surface area contributed by atoms with Gasteiger partial charge in [0.25, 0.3) is 0 Å². The minimum Gasteiger partial charge on any atom is -0.383 e. The average molecular weight is 288 g/mol. The first-order valence-corrected chi connectivity index (χ1v) is 6.92. The third-order valence-electron chi connectivity index (χ3n) is 2.71. The molecule has 0 bridgehead atoms. The minimum atomic E-state index is 0.500. The van der Waals surface area contributed by atoms with Crippen molar-refractivity contribution < 1.29 is 0 Å². The van der Waals surface area contributed by atoms with Gasteiger partial charge in [-0.25, -0.2) is 9.97 Å². The van der Waals surface area contributed by atoms with Gasteiger partial charge in [-0.1, -0.05) is 23.7 Å². The molecule has 0 amide bonds. The molecule has 19 heavy (non-hydrogen) atoms. The van der Waals surface area contributed by atoms with Crippen LogP contribution in [-0.4, -0.2) is 9.97 Å². The van der Waals surface area contributed by atoms with Crippen LogP contribution in [0, 0.1) is 0 Å². The topological polar surface area (TPSA) is 51.8 Å². The fourth-order valence-electron chi connectivity index (χ4n) is 1.75. The number of nitrogens with two attached hydrogens (primary N) is 1. The van der Waals surface area contributed by atoms with Gasteiger partial charge in [-0.05, 0) is 24.3 Å². The molecule has 2 aromatic heterocycles. The Bertz CT molecular complexity index is 707. The molecule has 3 aromatic rings. The molecule has 3 nitrogen and oxygen atoms in total. The first-order valence-electron chi connectivity index (χ1n) is 5.66. The van der Waals surface area contributed by atoms with E-state index in [1.54, 1.807) is 17.5 Å². The van der Waals surface area contributed by atoms with Crippen molar-refractivity contribution in [1.82, 2.24) is 9.97 Å². The standard InChI is InChI=1S/C14H10ClN3S/c15-10-5-3-9(4-6-10)12-8-19-14(18-12)11-2-1-7-17-13(11)16/h1-8H,(H2,16,17). The molecule has 0 fully saturated rings. The molecule has 0 spiro atoms. The van der Waals surface area contributed by atoms with E-state index in [1.165, 1.54) is 0 Å². The number of halogens is 1. The number of pyridine rings is 1. The molecule has 1 aromatic carbocycles. The Labute approximate surface area is 119 Å². The minimum absolute atomic E-state index is 0.500. The predicted octanol–water partition coefficient (Wildman–Crippen LogP) is 4.11. The number of thiazole rings is 1. The lowest BCUT2D eigenvalue weighted by Crippen LogP contribution is -1.92. The van der Waals surface area contributed by atoms with E-state index in [9.17, 15) is 0 Å². The SMILES string of the molecule is Nc1ncccc1-c1nc(-c2ccc(Cl)cc2)cs1. The van der Waals surface area contributed by atoms with Crippen LogP contribution >= 0.6 is 22.9 Å². The maximum atomic E-state index is 5.88. The van der Waals surface area contributed by atoms with Crippen LogP contribution in [0.2, 0.25) is 5.02 Å². The number of nitrogen functional groups attached to an aromatic ring is 1.